The number of carbonyl (C=O) groups is 2. The van der Waals surface area contributed by atoms with Crippen molar-refractivity contribution in [3.8, 4) is 0 Å². The standard InChI is InChI=1S/C22H26ClN3O3/c1-2-29-22(28)20(17-8-10-18(23)11-9-17)26-14-12-25(13-15-26)19(21(24)27)16-6-4-3-5-7-16/h3-11,19-20H,2,12-15H2,1H3,(H2,24,27)/t19-,20-/m0/s1. The summed E-state index contributed by atoms with van der Waals surface area (Å²) in [7, 11) is 0. The number of hydrogen-bond acceptors (Lipinski definition) is 5. The summed E-state index contributed by atoms with van der Waals surface area (Å²) in [4.78, 5) is 29.0. The summed E-state index contributed by atoms with van der Waals surface area (Å²) < 4.78 is 5.32. The number of halogens is 1. The molecule has 1 fully saturated rings. The average Bonchev–Trinajstić information content (AvgIpc) is 2.72. The zero-order chi connectivity index (χ0) is 20.8. The lowest BCUT2D eigenvalue weighted by Crippen LogP contribution is -2.52. The summed E-state index contributed by atoms with van der Waals surface area (Å²) in [5.74, 6) is -0.651. The molecule has 154 valence electrons. The maximum atomic E-state index is 12.7. The highest BCUT2D eigenvalue weighted by atomic mass is 35.5. The van der Waals surface area contributed by atoms with E-state index in [1.165, 1.54) is 0 Å². The smallest absolute Gasteiger partial charge is 0.328 e. The van der Waals surface area contributed by atoms with Gasteiger partial charge in [0.05, 0.1) is 6.61 Å². The van der Waals surface area contributed by atoms with Gasteiger partial charge in [0.2, 0.25) is 5.91 Å². The first-order chi connectivity index (χ1) is 14.0. The van der Waals surface area contributed by atoms with E-state index in [0.717, 1.165) is 11.1 Å². The van der Waals surface area contributed by atoms with Crippen molar-refractivity contribution < 1.29 is 14.3 Å². The van der Waals surface area contributed by atoms with E-state index in [0.29, 0.717) is 37.8 Å². The molecule has 2 N–H and O–H groups in total. The number of primary amides is 1. The van der Waals surface area contributed by atoms with E-state index in [1.54, 1.807) is 19.1 Å². The average molecular weight is 416 g/mol. The van der Waals surface area contributed by atoms with Gasteiger partial charge in [0.1, 0.15) is 12.1 Å². The Hall–Kier alpha value is -2.41. The molecular weight excluding hydrogens is 390 g/mol. The third-order valence-corrected chi connectivity index (χ3v) is 5.41. The second-order valence-corrected chi connectivity index (χ2v) is 7.43. The van der Waals surface area contributed by atoms with Crippen LogP contribution in [0.25, 0.3) is 0 Å². The first-order valence-electron chi connectivity index (χ1n) is 9.75. The molecule has 1 aliphatic heterocycles. The van der Waals surface area contributed by atoms with Crippen LogP contribution in [-0.2, 0) is 14.3 Å². The van der Waals surface area contributed by atoms with E-state index in [-0.39, 0.29) is 11.9 Å². The van der Waals surface area contributed by atoms with Crippen molar-refractivity contribution >= 4 is 23.5 Å². The molecule has 7 heteroatoms. The summed E-state index contributed by atoms with van der Waals surface area (Å²) in [6.07, 6.45) is 0. The van der Waals surface area contributed by atoms with E-state index in [1.807, 2.05) is 42.5 Å². The number of piperazine rings is 1. The van der Waals surface area contributed by atoms with Crippen molar-refractivity contribution in [2.24, 2.45) is 5.73 Å². The maximum absolute atomic E-state index is 12.7. The molecule has 1 heterocycles. The van der Waals surface area contributed by atoms with E-state index in [2.05, 4.69) is 9.80 Å². The van der Waals surface area contributed by atoms with Crippen LogP contribution in [0.5, 0.6) is 0 Å². The molecule has 3 rings (SSSR count). The van der Waals surface area contributed by atoms with Crippen molar-refractivity contribution in [3.63, 3.8) is 0 Å². The molecule has 0 aromatic heterocycles. The molecule has 0 spiro atoms. The summed E-state index contributed by atoms with van der Waals surface area (Å²) in [6, 6.07) is 15.8. The minimum atomic E-state index is -0.502. The largest absolute Gasteiger partial charge is 0.465 e. The number of carbonyl (C=O) groups excluding carboxylic acids is 2. The van der Waals surface area contributed by atoms with E-state index >= 15 is 0 Å². The van der Waals surface area contributed by atoms with Gasteiger partial charge in [0.15, 0.2) is 0 Å². The second kappa shape index (κ2) is 9.87. The quantitative estimate of drug-likeness (QED) is 0.704. The molecule has 1 amide bonds. The van der Waals surface area contributed by atoms with Crippen LogP contribution in [0.15, 0.2) is 54.6 Å². The van der Waals surface area contributed by atoms with Gasteiger partial charge in [-0.25, -0.2) is 4.79 Å². The highest BCUT2D eigenvalue weighted by Crippen LogP contribution is 2.28. The molecule has 2 aromatic carbocycles. The molecule has 0 aliphatic carbocycles. The van der Waals surface area contributed by atoms with Crippen LogP contribution in [0.3, 0.4) is 0 Å². The minimum Gasteiger partial charge on any atom is -0.465 e. The Bertz CT molecular complexity index is 821. The summed E-state index contributed by atoms with van der Waals surface area (Å²) in [6.45, 7) is 4.58. The summed E-state index contributed by atoms with van der Waals surface area (Å²) in [5, 5.41) is 0.619. The number of ether oxygens (including phenoxy) is 1. The number of hydrogen-bond donors (Lipinski definition) is 1. The van der Waals surface area contributed by atoms with Crippen LogP contribution in [-0.4, -0.2) is 54.5 Å². The Morgan fingerprint density at radius 1 is 0.931 bits per heavy atom. The third kappa shape index (κ3) is 5.15. The van der Waals surface area contributed by atoms with E-state index in [9.17, 15) is 9.59 Å². The Morgan fingerprint density at radius 3 is 1.97 bits per heavy atom. The molecule has 1 saturated heterocycles. The van der Waals surface area contributed by atoms with Crippen LogP contribution in [0, 0.1) is 0 Å². The number of rotatable bonds is 7. The van der Waals surface area contributed by atoms with Crippen molar-refractivity contribution in [3.05, 3.63) is 70.7 Å². The predicted octanol–water partition coefficient (Wildman–Crippen LogP) is 2.79. The Balaban J connectivity index is 1.76. The first kappa shape index (κ1) is 21.3. The lowest BCUT2D eigenvalue weighted by Gasteiger charge is -2.40. The molecule has 1 aliphatic rings. The molecule has 29 heavy (non-hydrogen) atoms. The Labute approximate surface area is 176 Å². The fraction of sp³-hybridized carbons (Fsp3) is 0.364. The Kier molecular flexibility index (Phi) is 7.25. The van der Waals surface area contributed by atoms with Crippen molar-refractivity contribution in [2.75, 3.05) is 32.8 Å². The summed E-state index contributed by atoms with van der Waals surface area (Å²) >= 11 is 6.00. The van der Waals surface area contributed by atoms with Gasteiger partial charge < -0.3 is 10.5 Å². The van der Waals surface area contributed by atoms with Crippen molar-refractivity contribution in [2.45, 2.75) is 19.0 Å². The van der Waals surface area contributed by atoms with Gasteiger partial charge in [0.25, 0.3) is 0 Å². The normalized spacial score (nSPS) is 17.4. The lowest BCUT2D eigenvalue weighted by atomic mass is 10.0. The topological polar surface area (TPSA) is 75.9 Å². The minimum absolute atomic E-state index is 0.280. The molecule has 2 aromatic rings. The molecule has 0 radical (unpaired) electrons. The third-order valence-electron chi connectivity index (χ3n) is 5.16. The van der Waals surface area contributed by atoms with Crippen LogP contribution in [0.1, 0.15) is 30.1 Å². The van der Waals surface area contributed by atoms with Crippen LogP contribution < -0.4 is 5.73 Å². The van der Waals surface area contributed by atoms with Crippen LogP contribution in [0.4, 0.5) is 0 Å². The highest BCUT2D eigenvalue weighted by Gasteiger charge is 2.35. The van der Waals surface area contributed by atoms with E-state index < -0.39 is 12.1 Å². The maximum Gasteiger partial charge on any atom is 0.328 e. The second-order valence-electron chi connectivity index (χ2n) is 6.99. The van der Waals surface area contributed by atoms with Gasteiger partial charge in [-0.1, -0.05) is 54.1 Å². The Morgan fingerprint density at radius 2 is 1.45 bits per heavy atom. The highest BCUT2D eigenvalue weighted by molar-refractivity contribution is 6.30. The van der Waals surface area contributed by atoms with Gasteiger partial charge in [-0.15, -0.1) is 0 Å². The SMILES string of the molecule is CCOC(=O)[C@H](c1ccc(Cl)cc1)N1CCN([C@H](C(N)=O)c2ccccc2)CC1. The van der Waals surface area contributed by atoms with Gasteiger partial charge >= 0.3 is 5.97 Å². The van der Waals surface area contributed by atoms with Crippen LogP contribution in [0.2, 0.25) is 5.02 Å². The van der Waals surface area contributed by atoms with Gasteiger partial charge in [-0.3, -0.25) is 14.6 Å². The number of esters is 1. The number of nitrogens with zero attached hydrogens (tertiary/aromatic N) is 2. The number of nitrogens with two attached hydrogens (primary N) is 1. The lowest BCUT2D eigenvalue weighted by molar-refractivity contribution is -0.151. The molecule has 0 saturated carbocycles. The van der Waals surface area contributed by atoms with Gasteiger partial charge in [-0.05, 0) is 30.2 Å². The fourth-order valence-corrected chi connectivity index (χ4v) is 3.93. The predicted molar refractivity (Wildman–Crippen MR) is 112 cm³/mol. The summed E-state index contributed by atoms with van der Waals surface area (Å²) in [5.41, 5.74) is 7.43. The van der Waals surface area contributed by atoms with Gasteiger partial charge in [-0.2, -0.15) is 0 Å². The molecule has 0 unspecified atom stereocenters. The van der Waals surface area contributed by atoms with Crippen molar-refractivity contribution in [1.29, 1.82) is 0 Å². The zero-order valence-corrected chi connectivity index (χ0v) is 17.2. The fourth-order valence-electron chi connectivity index (χ4n) is 3.81. The van der Waals surface area contributed by atoms with E-state index in [4.69, 9.17) is 22.1 Å². The molecule has 2 atom stereocenters. The van der Waals surface area contributed by atoms with Crippen molar-refractivity contribution in [1.82, 2.24) is 9.80 Å². The molecule has 0 bridgehead atoms. The zero-order valence-electron chi connectivity index (χ0n) is 16.5. The molecular formula is C22H26ClN3O3. The number of benzene rings is 2. The monoisotopic (exact) mass is 415 g/mol. The molecule has 6 nitrogen and oxygen atoms in total. The number of amides is 1. The van der Waals surface area contributed by atoms with Gasteiger partial charge in [0, 0.05) is 31.2 Å². The van der Waals surface area contributed by atoms with Crippen LogP contribution >= 0.6 is 11.6 Å². The first-order valence-corrected chi connectivity index (χ1v) is 10.1.